The van der Waals surface area contributed by atoms with E-state index in [-0.39, 0.29) is 30.6 Å². The van der Waals surface area contributed by atoms with E-state index in [1.165, 1.54) is 5.56 Å². The van der Waals surface area contributed by atoms with Gasteiger partial charge in [-0.2, -0.15) is 0 Å². The Morgan fingerprint density at radius 2 is 1.81 bits per heavy atom. The first-order valence-electron chi connectivity index (χ1n) is 11.4. The van der Waals surface area contributed by atoms with Gasteiger partial charge in [0.2, 0.25) is 5.91 Å². The summed E-state index contributed by atoms with van der Waals surface area (Å²) < 4.78 is 2.04. The van der Waals surface area contributed by atoms with Crippen molar-refractivity contribution in [3.8, 4) is 0 Å². The van der Waals surface area contributed by atoms with Gasteiger partial charge in [0.25, 0.3) is 0 Å². The lowest BCUT2D eigenvalue weighted by Crippen LogP contribution is -2.48. The molecule has 1 aliphatic carbocycles. The fraction of sp³-hybridized carbons (Fsp3) is 0.520. The van der Waals surface area contributed by atoms with Crippen molar-refractivity contribution in [1.82, 2.24) is 14.4 Å². The van der Waals surface area contributed by atoms with E-state index in [2.05, 4.69) is 19.2 Å². The van der Waals surface area contributed by atoms with Crippen LogP contribution in [-0.4, -0.2) is 44.9 Å². The standard InChI is InChI=1S/C25H36N4O2/c1-6-19(4)28(25(31)26-21-11-9-20(10-12-21)18(2)3)17-24(30)29(22-13-14-22)16-23-8-7-15-27(23)5/h7-12,15,18-19,22H,6,13-14,16-17H2,1-5H3,(H,26,31). The number of anilines is 1. The van der Waals surface area contributed by atoms with Gasteiger partial charge in [-0.05, 0) is 61.9 Å². The van der Waals surface area contributed by atoms with Crippen molar-refractivity contribution in [2.75, 3.05) is 11.9 Å². The molecule has 31 heavy (non-hydrogen) atoms. The van der Waals surface area contributed by atoms with Crippen LogP contribution in [0.1, 0.15) is 64.1 Å². The van der Waals surface area contributed by atoms with Gasteiger partial charge in [-0.15, -0.1) is 0 Å². The zero-order valence-corrected chi connectivity index (χ0v) is 19.5. The number of benzene rings is 1. The van der Waals surface area contributed by atoms with E-state index in [1.807, 2.05) is 73.0 Å². The number of nitrogens with zero attached hydrogens (tertiary/aromatic N) is 3. The third-order valence-corrected chi connectivity index (χ3v) is 6.21. The summed E-state index contributed by atoms with van der Waals surface area (Å²) in [5.41, 5.74) is 3.08. The molecule has 1 aliphatic rings. The Labute approximate surface area is 186 Å². The first kappa shape index (κ1) is 22.9. The van der Waals surface area contributed by atoms with Crippen molar-refractivity contribution in [1.29, 1.82) is 0 Å². The highest BCUT2D eigenvalue weighted by Gasteiger charge is 2.34. The summed E-state index contributed by atoms with van der Waals surface area (Å²) in [4.78, 5) is 30.0. The minimum absolute atomic E-state index is 0.00862. The Morgan fingerprint density at radius 3 is 2.32 bits per heavy atom. The van der Waals surface area contributed by atoms with Gasteiger partial charge in [0.15, 0.2) is 0 Å². The number of hydrogen-bond acceptors (Lipinski definition) is 2. The van der Waals surface area contributed by atoms with Crippen LogP contribution >= 0.6 is 0 Å². The summed E-state index contributed by atoms with van der Waals surface area (Å²) in [6.45, 7) is 8.99. The minimum atomic E-state index is -0.227. The maximum atomic E-state index is 13.3. The van der Waals surface area contributed by atoms with Gasteiger partial charge in [-0.3, -0.25) is 4.79 Å². The van der Waals surface area contributed by atoms with Crippen LogP contribution in [0.25, 0.3) is 0 Å². The molecular formula is C25H36N4O2. The van der Waals surface area contributed by atoms with E-state index >= 15 is 0 Å². The second-order valence-corrected chi connectivity index (χ2v) is 8.96. The number of carbonyl (C=O) groups is 2. The zero-order valence-electron chi connectivity index (χ0n) is 19.5. The Kier molecular flexibility index (Phi) is 7.42. The molecule has 0 aliphatic heterocycles. The summed E-state index contributed by atoms with van der Waals surface area (Å²) in [6.07, 6.45) is 4.85. The molecule has 0 radical (unpaired) electrons. The molecule has 3 amide bonds. The van der Waals surface area contributed by atoms with Crippen LogP contribution in [-0.2, 0) is 18.4 Å². The summed E-state index contributed by atoms with van der Waals surface area (Å²) >= 11 is 0. The van der Waals surface area contributed by atoms with Gasteiger partial charge in [-0.1, -0.05) is 32.9 Å². The molecule has 1 atom stereocenters. The smallest absolute Gasteiger partial charge is 0.322 e. The Bertz CT molecular complexity index is 883. The molecule has 0 spiro atoms. The third kappa shape index (κ3) is 5.90. The summed E-state index contributed by atoms with van der Waals surface area (Å²) in [5, 5.41) is 2.98. The molecular weight excluding hydrogens is 388 g/mol. The van der Waals surface area contributed by atoms with Gasteiger partial charge >= 0.3 is 6.03 Å². The van der Waals surface area contributed by atoms with E-state index in [9.17, 15) is 9.59 Å². The van der Waals surface area contributed by atoms with Crippen molar-refractivity contribution >= 4 is 17.6 Å². The van der Waals surface area contributed by atoms with Crippen molar-refractivity contribution in [3.05, 3.63) is 53.9 Å². The van der Waals surface area contributed by atoms with Gasteiger partial charge in [0.1, 0.15) is 6.54 Å². The Balaban J connectivity index is 1.69. The highest BCUT2D eigenvalue weighted by molar-refractivity contribution is 5.92. The lowest BCUT2D eigenvalue weighted by Gasteiger charge is -2.31. The molecule has 3 rings (SSSR count). The van der Waals surface area contributed by atoms with Crippen LogP contribution in [0, 0.1) is 0 Å². The van der Waals surface area contributed by atoms with Crippen LogP contribution in [0.4, 0.5) is 10.5 Å². The van der Waals surface area contributed by atoms with E-state index in [0.29, 0.717) is 12.5 Å². The van der Waals surface area contributed by atoms with Crippen molar-refractivity contribution < 1.29 is 9.59 Å². The van der Waals surface area contributed by atoms with Gasteiger partial charge in [-0.25, -0.2) is 4.79 Å². The molecule has 2 aromatic rings. The van der Waals surface area contributed by atoms with Gasteiger partial charge < -0.3 is 19.7 Å². The van der Waals surface area contributed by atoms with Crippen LogP contribution < -0.4 is 5.32 Å². The number of aryl methyl sites for hydroxylation is 1. The van der Waals surface area contributed by atoms with E-state index in [0.717, 1.165) is 30.6 Å². The average molecular weight is 425 g/mol. The lowest BCUT2D eigenvalue weighted by atomic mass is 10.0. The topological polar surface area (TPSA) is 57.6 Å². The number of hydrogen-bond donors (Lipinski definition) is 1. The second-order valence-electron chi connectivity index (χ2n) is 8.96. The molecule has 6 heteroatoms. The number of rotatable bonds is 9. The van der Waals surface area contributed by atoms with Crippen LogP contribution in [0.15, 0.2) is 42.6 Å². The summed E-state index contributed by atoms with van der Waals surface area (Å²) in [7, 11) is 1.99. The van der Waals surface area contributed by atoms with Gasteiger partial charge in [0, 0.05) is 36.7 Å². The zero-order chi connectivity index (χ0) is 22.5. The summed E-state index contributed by atoms with van der Waals surface area (Å²) in [6, 6.07) is 12.0. The predicted octanol–water partition coefficient (Wildman–Crippen LogP) is 4.97. The predicted molar refractivity (Wildman–Crippen MR) is 125 cm³/mol. The molecule has 1 unspecified atom stereocenters. The highest BCUT2D eigenvalue weighted by Crippen LogP contribution is 2.29. The maximum Gasteiger partial charge on any atom is 0.322 e. The maximum absolute atomic E-state index is 13.3. The normalized spacial score (nSPS) is 14.4. The van der Waals surface area contributed by atoms with E-state index in [1.54, 1.807) is 4.90 Å². The van der Waals surface area contributed by atoms with E-state index < -0.39 is 0 Å². The van der Waals surface area contributed by atoms with Crippen molar-refractivity contribution in [2.45, 2.75) is 71.5 Å². The minimum Gasteiger partial charge on any atom is -0.353 e. The first-order chi connectivity index (χ1) is 14.8. The molecule has 0 bridgehead atoms. The number of urea groups is 1. The van der Waals surface area contributed by atoms with Crippen molar-refractivity contribution in [2.24, 2.45) is 7.05 Å². The molecule has 0 saturated heterocycles. The lowest BCUT2D eigenvalue weighted by molar-refractivity contribution is -0.133. The largest absolute Gasteiger partial charge is 0.353 e. The Morgan fingerprint density at radius 1 is 1.13 bits per heavy atom. The molecule has 1 fully saturated rings. The first-order valence-corrected chi connectivity index (χ1v) is 11.4. The fourth-order valence-electron chi connectivity index (χ4n) is 3.67. The van der Waals surface area contributed by atoms with Crippen molar-refractivity contribution in [3.63, 3.8) is 0 Å². The SMILES string of the molecule is CCC(C)N(CC(=O)N(Cc1cccn1C)C1CC1)C(=O)Nc1ccc(C(C)C)cc1. The Hall–Kier alpha value is -2.76. The van der Waals surface area contributed by atoms with Gasteiger partial charge in [0.05, 0.1) is 6.54 Å². The fourth-order valence-corrected chi connectivity index (χ4v) is 3.67. The highest BCUT2D eigenvalue weighted by atomic mass is 16.2. The molecule has 1 aromatic heterocycles. The monoisotopic (exact) mass is 424 g/mol. The quantitative estimate of drug-likeness (QED) is 0.618. The number of carbonyl (C=O) groups excluding carboxylic acids is 2. The second kappa shape index (κ2) is 10.0. The molecule has 1 aromatic carbocycles. The number of nitrogens with one attached hydrogen (secondary N) is 1. The molecule has 6 nitrogen and oxygen atoms in total. The van der Waals surface area contributed by atoms with Crippen LogP contribution in [0.5, 0.6) is 0 Å². The third-order valence-electron chi connectivity index (χ3n) is 6.21. The van der Waals surface area contributed by atoms with Crippen LogP contribution in [0.3, 0.4) is 0 Å². The van der Waals surface area contributed by atoms with E-state index in [4.69, 9.17) is 0 Å². The molecule has 1 saturated carbocycles. The number of aromatic nitrogens is 1. The molecule has 168 valence electrons. The van der Waals surface area contributed by atoms with Crippen LogP contribution in [0.2, 0.25) is 0 Å². The molecule has 1 N–H and O–H groups in total. The molecule has 1 heterocycles. The summed E-state index contributed by atoms with van der Waals surface area (Å²) in [5.74, 6) is 0.450. The average Bonchev–Trinajstić information content (AvgIpc) is 3.51. The number of amides is 3.